The first kappa shape index (κ1) is 15.9. The summed E-state index contributed by atoms with van der Waals surface area (Å²) in [5.41, 5.74) is 1.59. The van der Waals surface area contributed by atoms with Crippen LogP contribution in [0.1, 0.15) is 24.8 Å². The van der Waals surface area contributed by atoms with Gasteiger partial charge in [-0.15, -0.1) is 11.3 Å². The van der Waals surface area contributed by atoms with Crippen LogP contribution < -0.4 is 15.4 Å². The summed E-state index contributed by atoms with van der Waals surface area (Å²) in [4.78, 5) is 12.4. The van der Waals surface area contributed by atoms with Crippen molar-refractivity contribution in [2.24, 2.45) is 0 Å². The van der Waals surface area contributed by atoms with Gasteiger partial charge in [0.15, 0.2) is 0 Å². The van der Waals surface area contributed by atoms with Crippen molar-refractivity contribution < 1.29 is 9.53 Å². The minimum atomic E-state index is -0.0960. The smallest absolute Gasteiger partial charge is 0.221 e. The number of carbonyl (C=O) groups is 1. The second-order valence-electron chi connectivity index (χ2n) is 4.60. The maximum absolute atomic E-state index is 11.2. The van der Waals surface area contributed by atoms with E-state index in [-0.39, 0.29) is 11.9 Å². The normalized spacial score (nSPS) is 11.8. The molecule has 2 rings (SSSR count). The average Bonchev–Trinajstić information content (AvgIpc) is 2.85. The van der Waals surface area contributed by atoms with Crippen LogP contribution >= 0.6 is 27.3 Å². The van der Waals surface area contributed by atoms with Crippen molar-refractivity contribution in [3.05, 3.63) is 39.0 Å². The number of carbonyl (C=O) groups excluding carboxylic acids is 1. The van der Waals surface area contributed by atoms with Gasteiger partial charge in [0.05, 0.1) is 22.6 Å². The number of nitrogens with one attached hydrogen (secondary N) is 2. The molecule has 0 aliphatic heterocycles. The molecule has 0 bridgehead atoms. The Balaban J connectivity index is 2.22. The highest BCUT2D eigenvalue weighted by Gasteiger charge is 2.12. The summed E-state index contributed by atoms with van der Waals surface area (Å²) in [5.74, 6) is 0.646. The Morgan fingerprint density at radius 3 is 2.67 bits per heavy atom. The van der Waals surface area contributed by atoms with Gasteiger partial charge in [-0.2, -0.15) is 0 Å². The lowest BCUT2D eigenvalue weighted by Gasteiger charge is -2.17. The van der Waals surface area contributed by atoms with Crippen LogP contribution in [0.25, 0.3) is 0 Å². The molecule has 1 aromatic heterocycles. The van der Waals surface area contributed by atoms with Gasteiger partial charge in [-0.3, -0.25) is 4.79 Å². The molecule has 0 saturated carbocycles. The Morgan fingerprint density at radius 1 is 1.33 bits per heavy atom. The molecule has 0 fully saturated rings. The summed E-state index contributed by atoms with van der Waals surface area (Å²) in [7, 11) is 1.63. The largest absolute Gasteiger partial charge is 0.495 e. The molecule has 0 spiro atoms. The van der Waals surface area contributed by atoms with E-state index in [0.29, 0.717) is 0 Å². The Hall–Kier alpha value is -1.53. The molecule has 1 atom stereocenters. The molecule has 2 N–H and O–H groups in total. The first-order chi connectivity index (χ1) is 9.99. The second kappa shape index (κ2) is 6.95. The maximum Gasteiger partial charge on any atom is 0.221 e. The molecule has 0 aliphatic rings. The lowest BCUT2D eigenvalue weighted by Crippen LogP contribution is -2.09. The summed E-state index contributed by atoms with van der Waals surface area (Å²) in [5, 5.41) is 6.19. The number of rotatable bonds is 5. The van der Waals surface area contributed by atoms with Crippen molar-refractivity contribution in [1.29, 1.82) is 0 Å². The second-order valence-corrected chi connectivity index (χ2v) is 7.10. The number of thiophene rings is 1. The van der Waals surface area contributed by atoms with E-state index in [2.05, 4.69) is 39.6 Å². The first-order valence-corrected chi connectivity index (χ1v) is 8.08. The van der Waals surface area contributed by atoms with E-state index < -0.39 is 0 Å². The third kappa shape index (κ3) is 4.22. The van der Waals surface area contributed by atoms with E-state index in [0.717, 1.165) is 20.9 Å². The zero-order chi connectivity index (χ0) is 15.4. The standard InChI is InChI=1S/C15H17BrN2O2S/c1-9(14-6-7-15(16)21-14)17-12-8-11(18-10(2)19)4-5-13(12)20-3/h4-9,17H,1-3H3,(H,18,19). The summed E-state index contributed by atoms with van der Waals surface area (Å²) in [6.07, 6.45) is 0. The van der Waals surface area contributed by atoms with Crippen LogP contribution in [-0.2, 0) is 4.79 Å². The Labute approximate surface area is 136 Å². The van der Waals surface area contributed by atoms with Gasteiger partial charge in [0.2, 0.25) is 5.91 Å². The zero-order valence-electron chi connectivity index (χ0n) is 12.1. The third-order valence-electron chi connectivity index (χ3n) is 2.91. The van der Waals surface area contributed by atoms with Gasteiger partial charge in [0, 0.05) is 17.5 Å². The van der Waals surface area contributed by atoms with Crippen LogP contribution in [-0.4, -0.2) is 13.0 Å². The fourth-order valence-electron chi connectivity index (χ4n) is 1.97. The number of ether oxygens (including phenoxy) is 1. The highest BCUT2D eigenvalue weighted by Crippen LogP contribution is 2.34. The van der Waals surface area contributed by atoms with E-state index in [9.17, 15) is 4.79 Å². The Kier molecular flexibility index (Phi) is 5.25. The summed E-state index contributed by atoms with van der Waals surface area (Å²) in [6.45, 7) is 3.58. The predicted molar refractivity (Wildman–Crippen MR) is 91.4 cm³/mol. The van der Waals surface area contributed by atoms with Gasteiger partial charge in [0.1, 0.15) is 5.75 Å². The quantitative estimate of drug-likeness (QED) is 0.807. The predicted octanol–water partition coefficient (Wildman–Crippen LogP) is 4.65. The van der Waals surface area contributed by atoms with E-state index in [1.165, 1.54) is 11.8 Å². The molecule has 21 heavy (non-hydrogen) atoms. The van der Waals surface area contributed by atoms with Gasteiger partial charge in [-0.1, -0.05) is 0 Å². The Morgan fingerprint density at radius 2 is 2.10 bits per heavy atom. The van der Waals surface area contributed by atoms with E-state index in [1.807, 2.05) is 24.3 Å². The summed E-state index contributed by atoms with van der Waals surface area (Å²) < 4.78 is 6.47. The molecule has 4 nitrogen and oxygen atoms in total. The van der Waals surface area contributed by atoms with Crippen molar-refractivity contribution in [1.82, 2.24) is 0 Å². The van der Waals surface area contributed by atoms with Crippen LogP contribution in [0.5, 0.6) is 5.75 Å². The van der Waals surface area contributed by atoms with E-state index in [1.54, 1.807) is 18.4 Å². The van der Waals surface area contributed by atoms with Crippen LogP contribution in [0.4, 0.5) is 11.4 Å². The minimum Gasteiger partial charge on any atom is -0.495 e. The van der Waals surface area contributed by atoms with Crippen molar-refractivity contribution in [3.8, 4) is 5.75 Å². The van der Waals surface area contributed by atoms with E-state index >= 15 is 0 Å². The topological polar surface area (TPSA) is 50.4 Å². The van der Waals surface area contributed by atoms with Crippen molar-refractivity contribution in [2.75, 3.05) is 17.7 Å². The number of benzene rings is 1. The highest BCUT2D eigenvalue weighted by atomic mass is 79.9. The van der Waals surface area contributed by atoms with Crippen LogP contribution in [0.15, 0.2) is 34.1 Å². The molecule has 1 unspecified atom stereocenters. The van der Waals surface area contributed by atoms with Gasteiger partial charge < -0.3 is 15.4 Å². The maximum atomic E-state index is 11.2. The molecule has 6 heteroatoms. The molecule has 1 heterocycles. The fourth-order valence-corrected chi connectivity index (χ4v) is 3.39. The monoisotopic (exact) mass is 368 g/mol. The van der Waals surface area contributed by atoms with Gasteiger partial charge >= 0.3 is 0 Å². The molecular weight excluding hydrogens is 352 g/mol. The lowest BCUT2D eigenvalue weighted by molar-refractivity contribution is -0.114. The minimum absolute atomic E-state index is 0.0960. The van der Waals surface area contributed by atoms with Gasteiger partial charge in [0.25, 0.3) is 0 Å². The van der Waals surface area contributed by atoms with Gasteiger partial charge in [-0.05, 0) is 53.2 Å². The summed E-state index contributed by atoms with van der Waals surface area (Å²) in [6, 6.07) is 9.78. The lowest BCUT2D eigenvalue weighted by atomic mass is 10.2. The third-order valence-corrected chi connectivity index (χ3v) is 4.72. The molecule has 0 aliphatic carbocycles. The number of anilines is 2. The van der Waals surface area contributed by atoms with Crippen molar-refractivity contribution >= 4 is 44.5 Å². The highest BCUT2D eigenvalue weighted by molar-refractivity contribution is 9.11. The number of hydrogen-bond donors (Lipinski definition) is 2. The Bertz CT molecular complexity index is 642. The first-order valence-electron chi connectivity index (χ1n) is 6.47. The molecule has 0 saturated heterocycles. The van der Waals surface area contributed by atoms with Crippen LogP contribution in [0.2, 0.25) is 0 Å². The van der Waals surface area contributed by atoms with Crippen LogP contribution in [0.3, 0.4) is 0 Å². The van der Waals surface area contributed by atoms with Gasteiger partial charge in [-0.25, -0.2) is 0 Å². The molecular formula is C15H17BrN2O2S. The fraction of sp³-hybridized carbons (Fsp3) is 0.267. The molecule has 1 aromatic carbocycles. The number of halogens is 1. The molecule has 0 radical (unpaired) electrons. The summed E-state index contributed by atoms with van der Waals surface area (Å²) >= 11 is 5.16. The van der Waals surface area contributed by atoms with Crippen LogP contribution in [0, 0.1) is 0 Å². The molecule has 1 amide bonds. The average molecular weight is 369 g/mol. The number of amides is 1. The van der Waals surface area contributed by atoms with E-state index in [4.69, 9.17) is 4.74 Å². The number of hydrogen-bond acceptors (Lipinski definition) is 4. The number of methoxy groups -OCH3 is 1. The molecule has 2 aromatic rings. The van der Waals surface area contributed by atoms with Crippen molar-refractivity contribution in [3.63, 3.8) is 0 Å². The molecule has 112 valence electrons. The SMILES string of the molecule is COc1ccc(NC(C)=O)cc1NC(C)c1ccc(Br)s1. The van der Waals surface area contributed by atoms with Crippen molar-refractivity contribution in [2.45, 2.75) is 19.9 Å². The zero-order valence-corrected chi connectivity index (χ0v) is 14.5.